The van der Waals surface area contributed by atoms with Gasteiger partial charge in [0.25, 0.3) is 0 Å². The van der Waals surface area contributed by atoms with Crippen LogP contribution in [-0.4, -0.2) is 23.1 Å². The Morgan fingerprint density at radius 3 is 2.25 bits per heavy atom. The van der Waals surface area contributed by atoms with E-state index in [9.17, 15) is 0 Å². The second-order valence-corrected chi connectivity index (χ2v) is 6.68. The molecule has 0 saturated heterocycles. The summed E-state index contributed by atoms with van der Waals surface area (Å²) >= 11 is 0. The third-order valence-electron chi connectivity index (χ3n) is 3.74. The number of hydrogen-bond acceptors (Lipinski definition) is 4. The van der Waals surface area contributed by atoms with Crippen LogP contribution in [0.25, 0.3) is 0 Å². The van der Waals surface area contributed by atoms with Crippen LogP contribution in [0.3, 0.4) is 0 Å². The molecule has 20 heavy (non-hydrogen) atoms. The highest BCUT2D eigenvalue weighted by molar-refractivity contribution is 5.56. The molecule has 0 saturated carbocycles. The van der Waals surface area contributed by atoms with Crippen molar-refractivity contribution in [3.05, 3.63) is 11.4 Å². The maximum atomic E-state index is 6.10. The lowest BCUT2D eigenvalue weighted by Gasteiger charge is -2.28. The average molecular weight is 278 g/mol. The smallest absolute Gasteiger partial charge is 0.138 e. The van der Waals surface area contributed by atoms with Gasteiger partial charge in [-0.05, 0) is 19.8 Å². The van der Waals surface area contributed by atoms with Crippen molar-refractivity contribution in [2.45, 2.75) is 60.3 Å². The van der Waals surface area contributed by atoms with Crippen LogP contribution in [0, 0.1) is 12.8 Å². The van der Waals surface area contributed by atoms with Gasteiger partial charge in [-0.2, -0.15) is 0 Å². The lowest BCUT2D eigenvalue weighted by atomic mass is 9.95. The van der Waals surface area contributed by atoms with Gasteiger partial charge in [0.2, 0.25) is 0 Å². The monoisotopic (exact) mass is 278 g/mol. The number of hydrogen-bond donors (Lipinski definition) is 1. The highest BCUT2D eigenvalue weighted by Crippen LogP contribution is 2.27. The molecule has 2 N–H and O–H groups in total. The Balaban J connectivity index is 3.23. The summed E-state index contributed by atoms with van der Waals surface area (Å²) in [6.07, 6.45) is 1.17. The zero-order chi connectivity index (χ0) is 15.5. The van der Waals surface area contributed by atoms with Crippen LogP contribution in [0.4, 0.5) is 11.6 Å². The summed E-state index contributed by atoms with van der Waals surface area (Å²) in [5, 5.41) is 0. The van der Waals surface area contributed by atoms with Crippen molar-refractivity contribution in [1.82, 2.24) is 9.97 Å². The Hall–Kier alpha value is -1.32. The molecular weight excluding hydrogens is 248 g/mol. The second-order valence-electron chi connectivity index (χ2n) is 6.68. The van der Waals surface area contributed by atoms with Gasteiger partial charge in [0.05, 0.1) is 0 Å². The first-order valence-corrected chi connectivity index (χ1v) is 7.60. The molecule has 0 fully saturated rings. The minimum absolute atomic E-state index is 0.0909. The van der Waals surface area contributed by atoms with Gasteiger partial charge in [0.1, 0.15) is 17.5 Å². The van der Waals surface area contributed by atoms with E-state index in [2.05, 4.69) is 51.4 Å². The van der Waals surface area contributed by atoms with Crippen LogP contribution in [0.1, 0.15) is 59.4 Å². The first-order valence-electron chi connectivity index (χ1n) is 7.60. The molecular formula is C16H30N4. The molecule has 0 spiro atoms. The number of nitrogens with two attached hydrogens (primary N) is 1. The maximum Gasteiger partial charge on any atom is 0.138 e. The third-order valence-corrected chi connectivity index (χ3v) is 3.74. The fourth-order valence-electron chi connectivity index (χ4n) is 2.04. The topological polar surface area (TPSA) is 55.0 Å². The molecule has 0 radical (unpaired) electrons. The molecule has 1 heterocycles. The molecule has 1 rings (SSSR count). The summed E-state index contributed by atoms with van der Waals surface area (Å²) in [7, 11) is 0. The van der Waals surface area contributed by atoms with Crippen molar-refractivity contribution in [3.63, 3.8) is 0 Å². The van der Waals surface area contributed by atoms with Crippen molar-refractivity contribution in [1.29, 1.82) is 0 Å². The number of anilines is 2. The van der Waals surface area contributed by atoms with Gasteiger partial charge in [-0.1, -0.05) is 41.0 Å². The van der Waals surface area contributed by atoms with Crippen molar-refractivity contribution in [2.24, 2.45) is 5.92 Å². The van der Waals surface area contributed by atoms with Crippen molar-refractivity contribution in [3.8, 4) is 0 Å². The van der Waals surface area contributed by atoms with E-state index >= 15 is 0 Å². The Labute approximate surface area is 123 Å². The summed E-state index contributed by atoms with van der Waals surface area (Å²) < 4.78 is 0. The van der Waals surface area contributed by atoms with Gasteiger partial charge >= 0.3 is 0 Å². The number of aromatic nitrogens is 2. The van der Waals surface area contributed by atoms with Crippen molar-refractivity contribution < 1.29 is 0 Å². The van der Waals surface area contributed by atoms with E-state index in [0.29, 0.717) is 11.7 Å². The normalized spacial score (nSPS) is 13.3. The minimum atomic E-state index is -0.0909. The summed E-state index contributed by atoms with van der Waals surface area (Å²) in [5.74, 6) is 3.05. The van der Waals surface area contributed by atoms with Crippen LogP contribution in [0.15, 0.2) is 0 Å². The van der Waals surface area contributed by atoms with Gasteiger partial charge in [-0.25, -0.2) is 9.97 Å². The Morgan fingerprint density at radius 1 is 1.20 bits per heavy atom. The molecule has 4 heteroatoms. The molecule has 1 unspecified atom stereocenters. The van der Waals surface area contributed by atoms with E-state index in [1.54, 1.807) is 0 Å². The molecule has 0 aliphatic carbocycles. The van der Waals surface area contributed by atoms with Crippen LogP contribution in [-0.2, 0) is 5.41 Å². The Bertz CT molecular complexity index is 449. The molecule has 0 bridgehead atoms. The van der Waals surface area contributed by atoms with E-state index in [-0.39, 0.29) is 5.41 Å². The molecule has 0 aromatic carbocycles. The summed E-state index contributed by atoms with van der Waals surface area (Å²) in [5.41, 5.74) is 6.99. The lowest BCUT2D eigenvalue weighted by Crippen LogP contribution is -2.31. The summed E-state index contributed by atoms with van der Waals surface area (Å²) in [6, 6.07) is 0. The number of rotatable bonds is 5. The van der Waals surface area contributed by atoms with Gasteiger partial charge in [0.15, 0.2) is 0 Å². The molecule has 114 valence electrons. The van der Waals surface area contributed by atoms with Crippen molar-refractivity contribution >= 4 is 11.6 Å². The lowest BCUT2D eigenvalue weighted by molar-refractivity contribution is 0.529. The summed E-state index contributed by atoms with van der Waals surface area (Å²) in [6.45, 7) is 17.0. The molecule has 0 amide bonds. The van der Waals surface area contributed by atoms with E-state index in [0.717, 1.165) is 30.3 Å². The van der Waals surface area contributed by atoms with E-state index < -0.39 is 0 Å². The molecule has 4 nitrogen and oxygen atoms in total. The second kappa shape index (κ2) is 6.42. The maximum absolute atomic E-state index is 6.10. The highest BCUT2D eigenvalue weighted by Gasteiger charge is 2.22. The first kappa shape index (κ1) is 16.7. The standard InChI is InChI=1S/C16H30N4/c1-8-11(3)10-20(9-2)14-12(4)13(17)18-15(19-14)16(5,6)7/h11H,8-10H2,1-7H3,(H2,17,18,19). The largest absolute Gasteiger partial charge is 0.383 e. The van der Waals surface area contributed by atoms with Crippen LogP contribution >= 0.6 is 0 Å². The van der Waals surface area contributed by atoms with Gasteiger partial charge in [0, 0.05) is 24.1 Å². The Morgan fingerprint density at radius 2 is 1.80 bits per heavy atom. The fraction of sp³-hybridized carbons (Fsp3) is 0.750. The molecule has 1 aromatic heterocycles. The SMILES string of the molecule is CCC(C)CN(CC)c1nc(C(C)(C)C)nc(N)c1C. The molecule has 0 aliphatic rings. The predicted octanol–water partition coefficient (Wildman–Crippen LogP) is 3.54. The van der Waals surface area contributed by atoms with Gasteiger partial charge in [-0.15, -0.1) is 0 Å². The third kappa shape index (κ3) is 3.84. The average Bonchev–Trinajstić information content (AvgIpc) is 2.37. The van der Waals surface area contributed by atoms with Gasteiger partial charge in [-0.3, -0.25) is 0 Å². The highest BCUT2D eigenvalue weighted by atomic mass is 15.2. The summed E-state index contributed by atoms with van der Waals surface area (Å²) in [4.78, 5) is 11.6. The zero-order valence-corrected chi connectivity index (χ0v) is 14.1. The van der Waals surface area contributed by atoms with Crippen LogP contribution < -0.4 is 10.6 Å². The van der Waals surface area contributed by atoms with Crippen molar-refractivity contribution in [2.75, 3.05) is 23.7 Å². The molecule has 1 atom stereocenters. The fourth-order valence-corrected chi connectivity index (χ4v) is 2.04. The number of nitrogens with zero attached hydrogens (tertiary/aromatic N) is 3. The number of nitrogen functional groups attached to an aromatic ring is 1. The van der Waals surface area contributed by atoms with Crippen LogP contribution in [0.2, 0.25) is 0 Å². The van der Waals surface area contributed by atoms with Crippen LogP contribution in [0.5, 0.6) is 0 Å². The van der Waals surface area contributed by atoms with E-state index in [1.807, 2.05) is 6.92 Å². The minimum Gasteiger partial charge on any atom is -0.383 e. The zero-order valence-electron chi connectivity index (χ0n) is 14.1. The van der Waals surface area contributed by atoms with E-state index in [1.165, 1.54) is 6.42 Å². The first-order chi connectivity index (χ1) is 9.20. The van der Waals surface area contributed by atoms with Gasteiger partial charge < -0.3 is 10.6 Å². The van der Waals surface area contributed by atoms with E-state index in [4.69, 9.17) is 10.7 Å². The Kier molecular flexibility index (Phi) is 5.37. The quantitative estimate of drug-likeness (QED) is 0.895. The molecule has 1 aromatic rings. The predicted molar refractivity (Wildman–Crippen MR) is 87.2 cm³/mol. The molecule has 0 aliphatic heterocycles.